The molecule has 0 aliphatic carbocycles. The Balaban J connectivity index is 2.25. The summed E-state index contributed by atoms with van der Waals surface area (Å²) in [6.45, 7) is 3.72. The highest BCUT2D eigenvalue weighted by Crippen LogP contribution is 2.57. The van der Waals surface area contributed by atoms with E-state index >= 15 is 0 Å². The van der Waals surface area contributed by atoms with Crippen LogP contribution in [0.25, 0.3) is 0 Å². The molecule has 0 bridgehead atoms. The number of aliphatic hydroxyl groups is 1. The standard InChI is InChI=1S/C24H23O2P/c1-20(2)24(25,19-18-21-12-6-3-7-13-21)27(26,22-14-8-4-9-15-22)23-16-10-5-11-17-23/h3-17,20,25H,1-2H3. The quantitative estimate of drug-likeness (QED) is 0.543. The van der Waals surface area contributed by atoms with Gasteiger partial charge in [0.05, 0.1) is 0 Å². The third kappa shape index (κ3) is 3.62. The molecule has 0 saturated heterocycles. The van der Waals surface area contributed by atoms with Crippen molar-refractivity contribution in [3.8, 4) is 11.8 Å². The molecular formula is C24H23O2P. The van der Waals surface area contributed by atoms with Crippen molar-refractivity contribution in [1.29, 1.82) is 0 Å². The average Bonchev–Trinajstić information content (AvgIpc) is 2.73. The van der Waals surface area contributed by atoms with Gasteiger partial charge in [-0.05, 0) is 12.1 Å². The van der Waals surface area contributed by atoms with Crippen LogP contribution in [0.15, 0.2) is 91.0 Å². The topological polar surface area (TPSA) is 37.3 Å². The SMILES string of the molecule is CC(C)C(O)(C#Cc1ccccc1)P(=O)(c1ccccc1)c1ccccc1. The van der Waals surface area contributed by atoms with E-state index in [1.807, 2.05) is 105 Å². The van der Waals surface area contributed by atoms with E-state index < -0.39 is 12.5 Å². The molecule has 3 aromatic rings. The molecular weight excluding hydrogens is 351 g/mol. The van der Waals surface area contributed by atoms with Gasteiger partial charge in [-0.2, -0.15) is 0 Å². The summed E-state index contributed by atoms with van der Waals surface area (Å²) in [5.41, 5.74) is 0.782. The maximum atomic E-state index is 14.5. The van der Waals surface area contributed by atoms with Gasteiger partial charge in [-0.1, -0.05) is 105 Å². The Kier molecular flexibility index (Phi) is 5.66. The predicted octanol–water partition coefficient (Wildman–Crippen LogP) is 4.40. The van der Waals surface area contributed by atoms with E-state index in [-0.39, 0.29) is 5.92 Å². The number of benzene rings is 3. The van der Waals surface area contributed by atoms with Gasteiger partial charge in [0.2, 0.25) is 0 Å². The van der Waals surface area contributed by atoms with E-state index in [2.05, 4.69) is 11.8 Å². The van der Waals surface area contributed by atoms with Crippen molar-refractivity contribution in [2.24, 2.45) is 5.92 Å². The van der Waals surface area contributed by atoms with Crippen LogP contribution >= 0.6 is 7.14 Å². The number of hydrogen-bond acceptors (Lipinski definition) is 2. The minimum Gasteiger partial charge on any atom is -0.370 e. The zero-order chi connectivity index (χ0) is 19.3. The lowest BCUT2D eigenvalue weighted by molar-refractivity contribution is 0.134. The Bertz CT molecular complexity index is 943. The maximum Gasteiger partial charge on any atom is 0.188 e. The molecule has 0 aliphatic rings. The van der Waals surface area contributed by atoms with E-state index in [4.69, 9.17) is 0 Å². The molecule has 3 aromatic carbocycles. The molecule has 2 nitrogen and oxygen atoms in total. The predicted molar refractivity (Wildman–Crippen MR) is 113 cm³/mol. The van der Waals surface area contributed by atoms with Gasteiger partial charge in [-0.3, -0.25) is 0 Å². The van der Waals surface area contributed by atoms with Crippen molar-refractivity contribution < 1.29 is 9.67 Å². The molecule has 3 rings (SSSR count). The summed E-state index contributed by atoms with van der Waals surface area (Å²) < 4.78 is 14.5. The Morgan fingerprint density at radius 2 is 1.19 bits per heavy atom. The summed E-state index contributed by atoms with van der Waals surface area (Å²) in [5.74, 6) is 5.70. The lowest BCUT2D eigenvalue weighted by Crippen LogP contribution is -2.41. The van der Waals surface area contributed by atoms with Gasteiger partial charge in [0.1, 0.15) is 0 Å². The van der Waals surface area contributed by atoms with Gasteiger partial charge >= 0.3 is 0 Å². The summed E-state index contributed by atoms with van der Waals surface area (Å²) in [6.07, 6.45) is 0. The first-order valence-electron chi connectivity index (χ1n) is 9.00. The molecule has 0 aromatic heterocycles. The molecule has 1 unspecified atom stereocenters. The Morgan fingerprint density at radius 3 is 1.59 bits per heavy atom. The minimum atomic E-state index is -3.46. The summed E-state index contributed by atoms with van der Waals surface area (Å²) in [4.78, 5) is 0. The fourth-order valence-electron chi connectivity index (χ4n) is 3.09. The molecule has 0 aliphatic heterocycles. The third-order valence-electron chi connectivity index (χ3n) is 4.69. The van der Waals surface area contributed by atoms with Crippen LogP contribution in [0.3, 0.4) is 0 Å². The van der Waals surface area contributed by atoms with Crippen molar-refractivity contribution in [3.63, 3.8) is 0 Å². The first-order valence-corrected chi connectivity index (χ1v) is 10.7. The monoisotopic (exact) mass is 374 g/mol. The Hall–Kier alpha value is -2.59. The zero-order valence-electron chi connectivity index (χ0n) is 15.5. The molecule has 1 atom stereocenters. The van der Waals surface area contributed by atoms with Crippen LogP contribution in [0.4, 0.5) is 0 Å². The molecule has 136 valence electrons. The van der Waals surface area contributed by atoms with Gasteiger partial charge in [0.25, 0.3) is 0 Å². The molecule has 0 fully saturated rings. The first-order chi connectivity index (χ1) is 13.0. The van der Waals surface area contributed by atoms with Gasteiger partial charge < -0.3 is 9.67 Å². The lowest BCUT2D eigenvalue weighted by Gasteiger charge is -2.36. The highest BCUT2D eigenvalue weighted by molar-refractivity contribution is 7.80. The van der Waals surface area contributed by atoms with Crippen molar-refractivity contribution in [3.05, 3.63) is 96.6 Å². The zero-order valence-corrected chi connectivity index (χ0v) is 16.4. The summed E-state index contributed by atoms with van der Waals surface area (Å²) in [5, 5.41) is 11.3. The number of hydrogen-bond donors (Lipinski definition) is 1. The normalized spacial score (nSPS) is 13.5. The highest BCUT2D eigenvalue weighted by atomic mass is 31.2. The van der Waals surface area contributed by atoms with Crippen LogP contribution in [0.5, 0.6) is 0 Å². The minimum absolute atomic E-state index is 0.333. The Morgan fingerprint density at radius 1 is 0.778 bits per heavy atom. The summed E-state index contributed by atoms with van der Waals surface area (Å²) in [7, 11) is -3.46. The summed E-state index contributed by atoms with van der Waals surface area (Å²) in [6, 6.07) is 27.8. The van der Waals surface area contributed by atoms with Crippen LogP contribution in [-0.2, 0) is 4.57 Å². The van der Waals surface area contributed by atoms with Crippen LogP contribution in [0, 0.1) is 17.8 Å². The fraction of sp³-hybridized carbons (Fsp3) is 0.167. The van der Waals surface area contributed by atoms with Gasteiger partial charge in [-0.25, -0.2) is 0 Å². The molecule has 0 amide bonds. The largest absolute Gasteiger partial charge is 0.370 e. The van der Waals surface area contributed by atoms with E-state index in [0.29, 0.717) is 10.6 Å². The average molecular weight is 374 g/mol. The second-order valence-electron chi connectivity index (χ2n) is 6.78. The molecule has 0 radical (unpaired) electrons. The van der Waals surface area contributed by atoms with Crippen LogP contribution in [0.2, 0.25) is 0 Å². The molecule has 3 heteroatoms. The fourth-order valence-corrected chi connectivity index (χ4v) is 6.30. The first kappa shape index (κ1) is 19.2. The molecule has 0 saturated carbocycles. The van der Waals surface area contributed by atoms with Gasteiger partial charge in [0, 0.05) is 22.1 Å². The van der Waals surface area contributed by atoms with Gasteiger partial charge in [0.15, 0.2) is 12.5 Å². The van der Waals surface area contributed by atoms with Gasteiger partial charge in [-0.15, -0.1) is 0 Å². The third-order valence-corrected chi connectivity index (χ3v) is 8.33. The molecule has 1 N–H and O–H groups in total. The Labute approximate surface area is 161 Å². The summed E-state index contributed by atoms with van der Waals surface area (Å²) >= 11 is 0. The van der Waals surface area contributed by atoms with Crippen molar-refractivity contribution in [2.45, 2.75) is 19.2 Å². The smallest absolute Gasteiger partial charge is 0.188 e. The van der Waals surface area contributed by atoms with E-state index in [1.54, 1.807) is 0 Å². The van der Waals surface area contributed by atoms with Crippen LogP contribution in [-0.4, -0.2) is 10.4 Å². The van der Waals surface area contributed by atoms with Crippen molar-refractivity contribution >= 4 is 17.8 Å². The van der Waals surface area contributed by atoms with Crippen LogP contribution < -0.4 is 10.6 Å². The highest BCUT2D eigenvalue weighted by Gasteiger charge is 2.50. The number of rotatable bonds is 4. The maximum absolute atomic E-state index is 14.5. The second kappa shape index (κ2) is 7.97. The van der Waals surface area contributed by atoms with E-state index in [9.17, 15) is 9.67 Å². The molecule has 27 heavy (non-hydrogen) atoms. The molecule has 0 heterocycles. The van der Waals surface area contributed by atoms with E-state index in [1.165, 1.54) is 0 Å². The molecule has 0 spiro atoms. The van der Waals surface area contributed by atoms with Crippen molar-refractivity contribution in [1.82, 2.24) is 0 Å². The lowest BCUT2D eigenvalue weighted by atomic mass is 10.1. The van der Waals surface area contributed by atoms with Crippen molar-refractivity contribution in [2.75, 3.05) is 0 Å². The van der Waals surface area contributed by atoms with E-state index in [0.717, 1.165) is 5.56 Å². The second-order valence-corrected chi connectivity index (χ2v) is 9.71. The van der Waals surface area contributed by atoms with Crippen LogP contribution in [0.1, 0.15) is 19.4 Å².